The highest BCUT2D eigenvalue weighted by atomic mass is 32.2. The number of hydrogen-bond acceptors (Lipinski definition) is 2. The van der Waals surface area contributed by atoms with Crippen LogP contribution >= 0.6 is 0 Å². The first-order valence-electron chi connectivity index (χ1n) is 6.83. The summed E-state index contributed by atoms with van der Waals surface area (Å²) >= 11 is 0. The molecule has 0 aliphatic carbocycles. The monoisotopic (exact) mass is 369 g/mol. The summed E-state index contributed by atoms with van der Waals surface area (Å²) in [7, 11) is -1.98. The molecular weight excluding hydrogens is 358 g/mol. The maximum absolute atomic E-state index is 13.4. The van der Waals surface area contributed by atoms with Gasteiger partial charge in [0.25, 0.3) is 5.91 Å². The van der Waals surface area contributed by atoms with E-state index < -0.39 is 40.2 Å². The van der Waals surface area contributed by atoms with Gasteiger partial charge in [-0.05, 0) is 36.4 Å². The number of halogens is 4. The van der Waals surface area contributed by atoms with E-state index in [0.717, 1.165) is 47.9 Å². The van der Waals surface area contributed by atoms with Crippen molar-refractivity contribution < 1.29 is 26.6 Å². The summed E-state index contributed by atoms with van der Waals surface area (Å²) in [5.41, 5.74) is -0.0285. The molecule has 2 rings (SSSR count). The number of benzene rings is 2. The fourth-order valence-electron chi connectivity index (χ4n) is 1.74. The number of hydrogen-bond donors (Lipinski definition) is 1. The average molecular weight is 369 g/mol. The zero-order valence-electron chi connectivity index (χ0n) is 12.5. The Labute approximate surface area is 143 Å². The van der Waals surface area contributed by atoms with E-state index in [-0.39, 0.29) is 11.1 Å². The van der Waals surface area contributed by atoms with E-state index in [1.54, 1.807) is 0 Å². The molecule has 1 N–H and O–H groups in total. The molecule has 0 bridgehead atoms. The molecule has 1 atom stereocenters. The van der Waals surface area contributed by atoms with Crippen molar-refractivity contribution in [3.8, 4) is 0 Å². The minimum Gasteiger partial charge on any atom is -0.269 e. The first-order chi connectivity index (χ1) is 11.8. The van der Waals surface area contributed by atoms with Gasteiger partial charge in [-0.1, -0.05) is 0 Å². The number of rotatable bonds is 5. The van der Waals surface area contributed by atoms with Crippen LogP contribution < -0.4 is 4.72 Å². The second-order valence-corrected chi connectivity index (χ2v) is 5.80. The Morgan fingerprint density at radius 1 is 0.880 bits per heavy atom. The van der Waals surface area contributed by atoms with Crippen molar-refractivity contribution >= 4 is 29.0 Å². The standard InChI is InChI=1S/C17H11F4NO2S/c18-13-4-1-11(15(20)9-13)3-6-17(23)22-25(24)8-7-12-2-5-14(19)10-16(12)21/h1-10H,(H,22,23)/b6-3+,8-7+. The molecular formula is C17H11F4NO2S. The molecule has 25 heavy (non-hydrogen) atoms. The summed E-state index contributed by atoms with van der Waals surface area (Å²) in [6.45, 7) is 0. The lowest BCUT2D eigenvalue weighted by Crippen LogP contribution is -2.21. The summed E-state index contributed by atoms with van der Waals surface area (Å²) in [6.07, 6.45) is 3.12. The van der Waals surface area contributed by atoms with Gasteiger partial charge in [0.2, 0.25) is 0 Å². The molecule has 1 amide bonds. The van der Waals surface area contributed by atoms with E-state index in [0.29, 0.717) is 12.1 Å². The van der Waals surface area contributed by atoms with Crippen LogP contribution in [0.25, 0.3) is 12.2 Å². The van der Waals surface area contributed by atoms with Gasteiger partial charge in [-0.3, -0.25) is 9.52 Å². The highest BCUT2D eigenvalue weighted by Gasteiger charge is 2.04. The highest BCUT2D eigenvalue weighted by Crippen LogP contribution is 2.12. The summed E-state index contributed by atoms with van der Waals surface area (Å²) in [6, 6.07) is 5.68. The summed E-state index contributed by atoms with van der Waals surface area (Å²) in [5.74, 6) is -3.99. The minimum absolute atomic E-state index is 0.00655. The van der Waals surface area contributed by atoms with Crippen LogP contribution in [0.5, 0.6) is 0 Å². The zero-order chi connectivity index (χ0) is 18.4. The molecule has 0 radical (unpaired) electrons. The van der Waals surface area contributed by atoms with E-state index in [1.165, 1.54) is 0 Å². The van der Waals surface area contributed by atoms with Crippen LogP contribution in [0.1, 0.15) is 11.1 Å². The highest BCUT2D eigenvalue weighted by molar-refractivity contribution is 7.86. The van der Waals surface area contributed by atoms with Gasteiger partial charge in [-0.25, -0.2) is 21.8 Å². The summed E-state index contributed by atoms with van der Waals surface area (Å²) in [4.78, 5) is 11.6. The predicted octanol–water partition coefficient (Wildman–Crippen LogP) is 3.71. The van der Waals surface area contributed by atoms with Gasteiger partial charge in [0.15, 0.2) is 0 Å². The molecule has 2 aromatic carbocycles. The molecule has 0 saturated carbocycles. The van der Waals surface area contributed by atoms with Gasteiger partial charge in [0.05, 0.1) is 0 Å². The fraction of sp³-hybridized carbons (Fsp3) is 0. The van der Waals surface area contributed by atoms with E-state index in [1.807, 2.05) is 4.72 Å². The minimum atomic E-state index is -1.98. The van der Waals surface area contributed by atoms with Crippen LogP contribution in [0.4, 0.5) is 17.6 Å². The molecule has 8 heteroatoms. The Bertz CT molecular complexity index is 809. The lowest BCUT2D eigenvalue weighted by Gasteiger charge is -1.99. The average Bonchev–Trinajstić information content (AvgIpc) is 2.53. The second kappa shape index (κ2) is 8.39. The summed E-state index contributed by atoms with van der Waals surface area (Å²) < 4.78 is 66.0. The molecule has 1 unspecified atom stereocenters. The van der Waals surface area contributed by atoms with Crippen molar-refractivity contribution in [1.82, 2.24) is 4.72 Å². The van der Waals surface area contributed by atoms with Crippen LogP contribution in [0.15, 0.2) is 47.9 Å². The van der Waals surface area contributed by atoms with Crippen LogP contribution in [-0.4, -0.2) is 10.1 Å². The van der Waals surface area contributed by atoms with E-state index in [9.17, 15) is 26.6 Å². The maximum atomic E-state index is 13.4. The predicted molar refractivity (Wildman–Crippen MR) is 87.1 cm³/mol. The third kappa shape index (κ3) is 5.68. The molecule has 130 valence electrons. The SMILES string of the molecule is O=C(/C=C/c1ccc(F)cc1F)NS(=O)/C=C/c1ccc(F)cc1F. The van der Waals surface area contributed by atoms with Crippen LogP contribution in [0, 0.1) is 23.3 Å². The van der Waals surface area contributed by atoms with Crippen LogP contribution in [0.3, 0.4) is 0 Å². The second-order valence-electron chi connectivity index (χ2n) is 4.73. The molecule has 0 fully saturated rings. The van der Waals surface area contributed by atoms with Crippen LogP contribution in [0.2, 0.25) is 0 Å². The molecule has 0 aliphatic heterocycles. The smallest absolute Gasteiger partial charge is 0.255 e. The van der Waals surface area contributed by atoms with Gasteiger partial charge >= 0.3 is 0 Å². The van der Waals surface area contributed by atoms with Crippen molar-refractivity contribution in [1.29, 1.82) is 0 Å². The molecule has 3 nitrogen and oxygen atoms in total. The Morgan fingerprint density at radius 3 is 1.92 bits per heavy atom. The maximum Gasteiger partial charge on any atom is 0.255 e. The zero-order valence-corrected chi connectivity index (χ0v) is 13.3. The Hall–Kier alpha value is -2.74. The Kier molecular flexibility index (Phi) is 6.24. The normalized spacial score (nSPS) is 12.6. The third-order valence-corrected chi connectivity index (χ3v) is 3.70. The topological polar surface area (TPSA) is 46.2 Å². The Morgan fingerprint density at radius 2 is 1.40 bits per heavy atom. The van der Waals surface area contributed by atoms with Gasteiger partial charge in [-0.2, -0.15) is 0 Å². The van der Waals surface area contributed by atoms with Crippen molar-refractivity contribution in [2.24, 2.45) is 0 Å². The number of carbonyl (C=O) groups excluding carboxylic acids is 1. The number of amides is 1. The van der Waals surface area contributed by atoms with E-state index >= 15 is 0 Å². The van der Waals surface area contributed by atoms with Crippen molar-refractivity contribution in [3.05, 3.63) is 82.3 Å². The third-order valence-electron chi connectivity index (χ3n) is 2.91. The first-order valence-corrected chi connectivity index (χ1v) is 8.04. The molecule has 0 heterocycles. The number of nitrogens with one attached hydrogen (secondary N) is 1. The lowest BCUT2D eigenvalue weighted by atomic mass is 10.2. The van der Waals surface area contributed by atoms with E-state index in [4.69, 9.17) is 0 Å². The summed E-state index contributed by atoms with van der Waals surface area (Å²) in [5, 5.41) is 1.00. The molecule has 0 spiro atoms. The van der Waals surface area contributed by atoms with Crippen LogP contribution in [-0.2, 0) is 15.8 Å². The Balaban J connectivity index is 1.96. The van der Waals surface area contributed by atoms with Gasteiger partial charge in [-0.15, -0.1) is 0 Å². The van der Waals surface area contributed by atoms with Gasteiger partial charge in [0, 0.05) is 34.7 Å². The largest absolute Gasteiger partial charge is 0.269 e. The fourth-order valence-corrected chi connectivity index (χ4v) is 2.35. The molecule has 2 aromatic rings. The molecule has 0 saturated heterocycles. The van der Waals surface area contributed by atoms with Crippen molar-refractivity contribution in [3.63, 3.8) is 0 Å². The van der Waals surface area contributed by atoms with Gasteiger partial charge < -0.3 is 0 Å². The quantitative estimate of drug-likeness (QED) is 0.645. The lowest BCUT2D eigenvalue weighted by molar-refractivity contribution is -0.114. The van der Waals surface area contributed by atoms with E-state index in [2.05, 4.69) is 0 Å². The van der Waals surface area contributed by atoms with Crippen molar-refractivity contribution in [2.75, 3.05) is 0 Å². The van der Waals surface area contributed by atoms with Crippen molar-refractivity contribution in [2.45, 2.75) is 0 Å². The number of carbonyl (C=O) groups is 1. The molecule has 0 aliphatic rings. The first kappa shape index (κ1) is 18.6. The van der Waals surface area contributed by atoms with Gasteiger partial charge in [0.1, 0.15) is 34.3 Å². The molecule has 0 aromatic heterocycles.